The Bertz CT molecular complexity index is 442. The van der Waals surface area contributed by atoms with Gasteiger partial charge in [-0.25, -0.2) is 0 Å². The second kappa shape index (κ2) is 6.45. The molecule has 1 aromatic carbocycles. The Hall–Kier alpha value is -1.71. The van der Waals surface area contributed by atoms with Gasteiger partial charge in [-0.3, -0.25) is 4.79 Å². The van der Waals surface area contributed by atoms with Crippen molar-refractivity contribution in [1.82, 2.24) is 5.32 Å². The first kappa shape index (κ1) is 13.7. The Balaban J connectivity index is 1.92. The van der Waals surface area contributed by atoms with Crippen LogP contribution in [0.5, 0.6) is 5.75 Å². The van der Waals surface area contributed by atoms with E-state index in [0.29, 0.717) is 30.2 Å². The quantitative estimate of drug-likeness (QED) is 0.586. The van der Waals surface area contributed by atoms with Crippen molar-refractivity contribution in [3.63, 3.8) is 0 Å². The van der Waals surface area contributed by atoms with Gasteiger partial charge in [0, 0.05) is 12.2 Å². The third-order valence-electron chi connectivity index (χ3n) is 3.36. The van der Waals surface area contributed by atoms with Gasteiger partial charge < -0.3 is 15.8 Å². The first-order valence-electron chi connectivity index (χ1n) is 7.02. The average molecular weight is 262 g/mol. The molecule has 1 aromatic rings. The van der Waals surface area contributed by atoms with E-state index in [1.807, 2.05) is 6.92 Å². The van der Waals surface area contributed by atoms with Crippen LogP contribution in [-0.4, -0.2) is 19.1 Å². The predicted molar refractivity (Wildman–Crippen MR) is 76.3 cm³/mol. The van der Waals surface area contributed by atoms with E-state index in [2.05, 4.69) is 5.32 Å². The number of nitrogens with two attached hydrogens (primary N) is 1. The van der Waals surface area contributed by atoms with Crippen molar-refractivity contribution in [3.8, 4) is 5.75 Å². The van der Waals surface area contributed by atoms with Gasteiger partial charge >= 0.3 is 0 Å². The normalized spacial score (nSPS) is 14.2. The van der Waals surface area contributed by atoms with E-state index in [0.717, 1.165) is 12.3 Å². The van der Waals surface area contributed by atoms with E-state index >= 15 is 0 Å². The van der Waals surface area contributed by atoms with Crippen molar-refractivity contribution in [1.29, 1.82) is 0 Å². The van der Waals surface area contributed by atoms with Crippen LogP contribution in [0.4, 0.5) is 5.69 Å². The summed E-state index contributed by atoms with van der Waals surface area (Å²) in [5.74, 6) is 1.32. The second-order valence-electron chi connectivity index (χ2n) is 4.99. The van der Waals surface area contributed by atoms with Crippen molar-refractivity contribution in [3.05, 3.63) is 23.8 Å². The molecule has 0 spiro atoms. The number of anilines is 1. The maximum atomic E-state index is 12.2. The van der Waals surface area contributed by atoms with Crippen LogP contribution in [0.15, 0.2) is 18.2 Å². The fraction of sp³-hybridized carbons (Fsp3) is 0.533. The highest BCUT2D eigenvalue weighted by molar-refractivity contribution is 6.01. The van der Waals surface area contributed by atoms with Crippen LogP contribution in [0.25, 0.3) is 0 Å². The number of benzene rings is 1. The Labute approximate surface area is 114 Å². The molecule has 1 aliphatic rings. The Morgan fingerprint density at radius 1 is 1.47 bits per heavy atom. The van der Waals surface area contributed by atoms with E-state index < -0.39 is 0 Å². The predicted octanol–water partition coefficient (Wildman–Crippen LogP) is 2.59. The molecule has 0 aromatic heterocycles. The number of hydrogen-bond acceptors (Lipinski definition) is 3. The third-order valence-corrected chi connectivity index (χ3v) is 3.36. The number of hydrogen-bond donors (Lipinski definition) is 2. The van der Waals surface area contributed by atoms with Crippen LogP contribution in [0.1, 0.15) is 43.0 Å². The van der Waals surface area contributed by atoms with E-state index in [9.17, 15) is 4.79 Å². The fourth-order valence-corrected chi connectivity index (χ4v) is 2.15. The third kappa shape index (κ3) is 3.88. The summed E-state index contributed by atoms with van der Waals surface area (Å²) >= 11 is 0. The zero-order chi connectivity index (χ0) is 13.7. The molecule has 1 aliphatic carbocycles. The van der Waals surface area contributed by atoms with E-state index in [-0.39, 0.29) is 5.91 Å². The molecule has 1 saturated carbocycles. The standard InChI is InChI=1S/C15H22N2O2/c1-2-19-13-7-3-6-12(16)14(13)15(18)17-10-4-5-11-8-9-11/h3,6-7,11H,2,4-5,8-10,16H2,1H3,(H,17,18). The van der Waals surface area contributed by atoms with Crippen LogP contribution >= 0.6 is 0 Å². The number of carbonyl (C=O) groups excluding carboxylic acids is 1. The Morgan fingerprint density at radius 2 is 2.26 bits per heavy atom. The zero-order valence-electron chi connectivity index (χ0n) is 11.4. The first-order chi connectivity index (χ1) is 9.22. The molecule has 0 saturated heterocycles. The Morgan fingerprint density at radius 3 is 2.95 bits per heavy atom. The highest BCUT2D eigenvalue weighted by atomic mass is 16.5. The average Bonchev–Trinajstić information content (AvgIpc) is 3.19. The summed E-state index contributed by atoms with van der Waals surface area (Å²) in [6, 6.07) is 5.30. The summed E-state index contributed by atoms with van der Waals surface area (Å²) in [6.45, 7) is 3.11. The maximum Gasteiger partial charge on any atom is 0.257 e. The van der Waals surface area contributed by atoms with Crippen LogP contribution < -0.4 is 15.8 Å². The number of rotatable bonds is 7. The summed E-state index contributed by atoms with van der Waals surface area (Å²) in [6.07, 6.45) is 4.96. The molecule has 3 N–H and O–H groups in total. The second-order valence-corrected chi connectivity index (χ2v) is 4.99. The van der Waals surface area contributed by atoms with Gasteiger partial charge in [-0.2, -0.15) is 0 Å². The zero-order valence-corrected chi connectivity index (χ0v) is 11.4. The van der Waals surface area contributed by atoms with E-state index in [1.54, 1.807) is 18.2 Å². The summed E-state index contributed by atoms with van der Waals surface area (Å²) in [4.78, 5) is 12.2. The number of ether oxygens (including phenoxy) is 1. The maximum absolute atomic E-state index is 12.2. The summed E-state index contributed by atoms with van der Waals surface area (Å²) in [5, 5.41) is 2.92. The van der Waals surface area contributed by atoms with Crippen LogP contribution in [0.3, 0.4) is 0 Å². The highest BCUT2D eigenvalue weighted by Crippen LogP contribution is 2.33. The van der Waals surface area contributed by atoms with Crippen molar-refractivity contribution in [2.24, 2.45) is 5.92 Å². The summed E-state index contributed by atoms with van der Waals surface area (Å²) in [5.41, 5.74) is 6.79. The van der Waals surface area contributed by atoms with E-state index in [1.165, 1.54) is 19.3 Å². The van der Waals surface area contributed by atoms with Gasteiger partial charge in [-0.05, 0) is 37.8 Å². The summed E-state index contributed by atoms with van der Waals surface area (Å²) < 4.78 is 5.45. The molecule has 0 bridgehead atoms. The van der Waals surface area contributed by atoms with Gasteiger partial charge in [-0.1, -0.05) is 18.9 Å². The highest BCUT2D eigenvalue weighted by Gasteiger charge is 2.20. The molecule has 0 atom stereocenters. The lowest BCUT2D eigenvalue weighted by Crippen LogP contribution is -2.26. The number of nitrogens with one attached hydrogen (secondary N) is 1. The molecule has 0 heterocycles. The number of nitrogen functional groups attached to an aromatic ring is 1. The molecule has 1 fully saturated rings. The lowest BCUT2D eigenvalue weighted by Gasteiger charge is -2.12. The van der Waals surface area contributed by atoms with Crippen LogP contribution in [0.2, 0.25) is 0 Å². The van der Waals surface area contributed by atoms with Gasteiger partial charge in [0.05, 0.1) is 6.61 Å². The van der Waals surface area contributed by atoms with Gasteiger partial charge in [-0.15, -0.1) is 0 Å². The Kier molecular flexibility index (Phi) is 4.66. The lowest BCUT2D eigenvalue weighted by atomic mass is 10.1. The molecule has 2 rings (SSSR count). The van der Waals surface area contributed by atoms with Crippen molar-refractivity contribution in [2.45, 2.75) is 32.6 Å². The lowest BCUT2D eigenvalue weighted by molar-refractivity contribution is 0.0950. The molecule has 104 valence electrons. The van der Waals surface area contributed by atoms with Gasteiger partial charge in [0.2, 0.25) is 0 Å². The number of carbonyl (C=O) groups is 1. The molecule has 0 unspecified atom stereocenters. The van der Waals surface area contributed by atoms with E-state index in [4.69, 9.17) is 10.5 Å². The molecular formula is C15H22N2O2. The van der Waals surface area contributed by atoms with Gasteiger partial charge in [0.1, 0.15) is 11.3 Å². The van der Waals surface area contributed by atoms with Crippen LogP contribution in [-0.2, 0) is 0 Å². The van der Waals surface area contributed by atoms with Crippen molar-refractivity contribution < 1.29 is 9.53 Å². The van der Waals surface area contributed by atoms with Gasteiger partial charge in [0.15, 0.2) is 0 Å². The SMILES string of the molecule is CCOc1cccc(N)c1C(=O)NCCCC1CC1. The fourth-order valence-electron chi connectivity index (χ4n) is 2.15. The molecule has 0 radical (unpaired) electrons. The molecule has 1 amide bonds. The molecule has 0 aliphatic heterocycles. The molecule has 19 heavy (non-hydrogen) atoms. The minimum absolute atomic E-state index is 0.141. The molecule has 4 nitrogen and oxygen atoms in total. The van der Waals surface area contributed by atoms with Crippen molar-refractivity contribution >= 4 is 11.6 Å². The van der Waals surface area contributed by atoms with Crippen molar-refractivity contribution in [2.75, 3.05) is 18.9 Å². The van der Waals surface area contributed by atoms with Crippen LogP contribution in [0, 0.1) is 5.92 Å². The van der Waals surface area contributed by atoms with Gasteiger partial charge in [0.25, 0.3) is 5.91 Å². The molecule has 4 heteroatoms. The first-order valence-corrected chi connectivity index (χ1v) is 7.02. The number of amides is 1. The smallest absolute Gasteiger partial charge is 0.257 e. The summed E-state index contributed by atoms with van der Waals surface area (Å²) in [7, 11) is 0. The monoisotopic (exact) mass is 262 g/mol. The topological polar surface area (TPSA) is 64.3 Å². The minimum atomic E-state index is -0.141. The minimum Gasteiger partial charge on any atom is -0.493 e. The largest absolute Gasteiger partial charge is 0.493 e. The molecular weight excluding hydrogens is 240 g/mol.